The van der Waals surface area contributed by atoms with Gasteiger partial charge in [-0.15, -0.1) is 0 Å². The highest BCUT2D eigenvalue weighted by Gasteiger charge is 2.37. The molecule has 0 spiro atoms. The van der Waals surface area contributed by atoms with Gasteiger partial charge in [-0.05, 0) is 46.7 Å². The molecule has 0 fully saturated rings. The summed E-state index contributed by atoms with van der Waals surface area (Å²) in [5, 5.41) is 9.41. The van der Waals surface area contributed by atoms with Crippen molar-refractivity contribution in [2.24, 2.45) is 0 Å². The summed E-state index contributed by atoms with van der Waals surface area (Å²) in [5.74, 6) is 0. The van der Waals surface area contributed by atoms with Crippen molar-refractivity contribution >= 4 is 0 Å². The molecule has 1 aliphatic rings. The predicted octanol–water partition coefficient (Wildman–Crippen LogP) is 6.12. The van der Waals surface area contributed by atoms with Crippen LogP contribution in [0.4, 0.5) is 4.39 Å². The van der Waals surface area contributed by atoms with Crippen molar-refractivity contribution in [1.82, 2.24) is 0 Å². The second-order valence-electron chi connectivity index (χ2n) is 7.83. The lowest BCUT2D eigenvalue weighted by Gasteiger charge is -2.27. The quantitative estimate of drug-likeness (QED) is 0.602. The third-order valence-corrected chi connectivity index (χ3v) is 5.79. The summed E-state index contributed by atoms with van der Waals surface area (Å²) >= 11 is 0. The Morgan fingerprint density at radius 2 is 1.68 bits per heavy atom. The first kappa shape index (κ1) is 18.1. The van der Waals surface area contributed by atoms with Gasteiger partial charge in [-0.3, -0.25) is 0 Å². The number of aliphatic hydroxyl groups is 1. The molecule has 1 atom stereocenters. The van der Waals surface area contributed by atoms with Crippen LogP contribution in [0.3, 0.4) is 0 Å². The summed E-state index contributed by atoms with van der Waals surface area (Å²) in [5.41, 5.74) is 4.14. The average Bonchev–Trinajstić information content (AvgIpc) is 2.83. The monoisotopic (exact) mass is 340 g/mol. The van der Waals surface area contributed by atoms with Gasteiger partial charge in [-0.1, -0.05) is 70.0 Å². The molecule has 0 saturated heterocycles. The molecule has 0 radical (unpaired) electrons. The standard InChI is InChI=1S/C23H29FO/c1-4-5-8-13-23(24,14-15-25)17-11-12-21-19(16-17)18-9-6-7-10-20(18)22(21,2)3/h6-7,9-12,16,25H,4-5,8,13-15H2,1-3H3/t23-/m1/s1. The van der Waals surface area contributed by atoms with E-state index in [2.05, 4.69) is 45.0 Å². The van der Waals surface area contributed by atoms with Crippen LogP contribution < -0.4 is 0 Å². The minimum absolute atomic E-state index is 0.0530. The van der Waals surface area contributed by atoms with Gasteiger partial charge in [0.05, 0.1) is 0 Å². The number of fused-ring (bicyclic) bond motifs is 3. The fourth-order valence-corrected chi connectivity index (χ4v) is 4.24. The maximum absolute atomic E-state index is 15.7. The number of hydrogen-bond donors (Lipinski definition) is 1. The largest absolute Gasteiger partial charge is 0.396 e. The molecule has 2 heteroatoms. The SMILES string of the molecule is CCCCC[C@@](F)(CCO)c1ccc2c(c1)-c1ccccc1C2(C)C. The third kappa shape index (κ3) is 3.13. The number of rotatable bonds is 7. The van der Waals surface area contributed by atoms with E-state index in [1.807, 2.05) is 18.2 Å². The number of benzene rings is 2. The first-order valence-corrected chi connectivity index (χ1v) is 9.48. The molecule has 0 heterocycles. The number of halogens is 1. The third-order valence-electron chi connectivity index (χ3n) is 5.79. The molecule has 2 aromatic carbocycles. The van der Waals surface area contributed by atoms with Gasteiger partial charge in [0, 0.05) is 18.4 Å². The van der Waals surface area contributed by atoms with Crippen molar-refractivity contribution in [3.8, 4) is 11.1 Å². The van der Waals surface area contributed by atoms with Gasteiger partial charge in [0.15, 0.2) is 0 Å². The second-order valence-corrected chi connectivity index (χ2v) is 7.83. The smallest absolute Gasteiger partial charge is 0.138 e. The van der Waals surface area contributed by atoms with Gasteiger partial charge < -0.3 is 5.11 Å². The van der Waals surface area contributed by atoms with Crippen LogP contribution in [0.1, 0.15) is 69.6 Å². The summed E-state index contributed by atoms with van der Waals surface area (Å²) in [6.45, 7) is 6.46. The fourth-order valence-electron chi connectivity index (χ4n) is 4.24. The van der Waals surface area contributed by atoms with Crippen LogP contribution in [0.25, 0.3) is 11.1 Å². The van der Waals surface area contributed by atoms with E-state index >= 15 is 4.39 Å². The van der Waals surface area contributed by atoms with Crippen LogP contribution in [0.5, 0.6) is 0 Å². The van der Waals surface area contributed by atoms with Gasteiger partial charge in [0.1, 0.15) is 5.67 Å². The summed E-state index contributed by atoms with van der Waals surface area (Å²) in [6.07, 6.45) is 3.59. The molecule has 0 aliphatic heterocycles. The van der Waals surface area contributed by atoms with Crippen LogP contribution in [0.2, 0.25) is 0 Å². The zero-order valence-electron chi connectivity index (χ0n) is 15.6. The number of hydrogen-bond acceptors (Lipinski definition) is 1. The number of aliphatic hydroxyl groups excluding tert-OH is 1. The predicted molar refractivity (Wildman–Crippen MR) is 103 cm³/mol. The molecule has 1 aliphatic carbocycles. The molecule has 0 unspecified atom stereocenters. The molecule has 2 aromatic rings. The number of alkyl halides is 1. The Morgan fingerprint density at radius 3 is 2.40 bits per heavy atom. The molecule has 0 amide bonds. The summed E-state index contributed by atoms with van der Waals surface area (Å²) in [6, 6.07) is 14.5. The topological polar surface area (TPSA) is 20.2 Å². The van der Waals surface area contributed by atoms with E-state index in [0.717, 1.165) is 24.8 Å². The van der Waals surface area contributed by atoms with Gasteiger partial charge in [0.2, 0.25) is 0 Å². The Hall–Kier alpha value is -1.67. The van der Waals surface area contributed by atoms with E-state index in [1.54, 1.807) is 0 Å². The molecule has 134 valence electrons. The lowest BCUT2D eigenvalue weighted by Crippen LogP contribution is -2.22. The van der Waals surface area contributed by atoms with Crippen molar-refractivity contribution in [3.05, 3.63) is 59.2 Å². The fraction of sp³-hybridized carbons (Fsp3) is 0.478. The van der Waals surface area contributed by atoms with Crippen LogP contribution in [-0.2, 0) is 11.1 Å². The highest BCUT2D eigenvalue weighted by atomic mass is 19.1. The van der Waals surface area contributed by atoms with Gasteiger partial charge in [-0.25, -0.2) is 4.39 Å². The van der Waals surface area contributed by atoms with Crippen LogP contribution in [0.15, 0.2) is 42.5 Å². The first-order chi connectivity index (χ1) is 11.9. The van der Waals surface area contributed by atoms with E-state index in [-0.39, 0.29) is 18.4 Å². The molecular formula is C23H29FO. The van der Waals surface area contributed by atoms with Crippen molar-refractivity contribution in [2.75, 3.05) is 6.61 Å². The highest BCUT2D eigenvalue weighted by Crippen LogP contribution is 2.50. The Bertz CT molecular complexity index is 750. The molecule has 25 heavy (non-hydrogen) atoms. The second kappa shape index (κ2) is 6.92. The molecule has 3 rings (SSSR count). The Labute approximate surface area is 150 Å². The zero-order valence-corrected chi connectivity index (χ0v) is 15.6. The van der Waals surface area contributed by atoms with Crippen LogP contribution in [0, 0.1) is 0 Å². The summed E-state index contributed by atoms with van der Waals surface area (Å²) < 4.78 is 15.7. The van der Waals surface area contributed by atoms with E-state index in [4.69, 9.17) is 0 Å². The minimum Gasteiger partial charge on any atom is -0.396 e. The molecule has 0 saturated carbocycles. The highest BCUT2D eigenvalue weighted by molar-refractivity contribution is 5.81. The first-order valence-electron chi connectivity index (χ1n) is 9.48. The minimum atomic E-state index is -1.44. The zero-order chi connectivity index (χ0) is 18.1. The van der Waals surface area contributed by atoms with E-state index in [1.165, 1.54) is 16.7 Å². The van der Waals surface area contributed by atoms with Crippen molar-refractivity contribution in [3.63, 3.8) is 0 Å². The van der Waals surface area contributed by atoms with Crippen LogP contribution in [-0.4, -0.2) is 11.7 Å². The van der Waals surface area contributed by atoms with E-state index < -0.39 is 5.67 Å². The van der Waals surface area contributed by atoms with Crippen molar-refractivity contribution in [1.29, 1.82) is 0 Å². The van der Waals surface area contributed by atoms with Crippen molar-refractivity contribution in [2.45, 2.75) is 64.0 Å². The normalized spacial score (nSPS) is 17.0. The molecular weight excluding hydrogens is 311 g/mol. The van der Waals surface area contributed by atoms with Gasteiger partial charge >= 0.3 is 0 Å². The Balaban J connectivity index is 2.04. The van der Waals surface area contributed by atoms with E-state index in [9.17, 15) is 5.11 Å². The van der Waals surface area contributed by atoms with Gasteiger partial charge in [-0.2, -0.15) is 0 Å². The lowest BCUT2D eigenvalue weighted by atomic mass is 9.81. The van der Waals surface area contributed by atoms with Crippen molar-refractivity contribution < 1.29 is 9.50 Å². The molecule has 0 aromatic heterocycles. The lowest BCUT2D eigenvalue weighted by molar-refractivity contribution is 0.0996. The number of unbranched alkanes of at least 4 members (excludes halogenated alkanes) is 2. The Kier molecular flexibility index (Phi) is 5.02. The van der Waals surface area contributed by atoms with Crippen LogP contribution >= 0.6 is 0 Å². The molecule has 1 N–H and O–H groups in total. The Morgan fingerprint density at radius 1 is 0.960 bits per heavy atom. The maximum atomic E-state index is 15.7. The van der Waals surface area contributed by atoms with E-state index in [0.29, 0.717) is 12.0 Å². The molecule has 0 bridgehead atoms. The van der Waals surface area contributed by atoms with Gasteiger partial charge in [0.25, 0.3) is 0 Å². The summed E-state index contributed by atoms with van der Waals surface area (Å²) in [7, 11) is 0. The maximum Gasteiger partial charge on any atom is 0.138 e. The average molecular weight is 340 g/mol. The molecule has 1 nitrogen and oxygen atoms in total. The summed E-state index contributed by atoms with van der Waals surface area (Å²) in [4.78, 5) is 0.